The summed E-state index contributed by atoms with van der Waals surface area (Å²) in [5.74, 6) is -0.690. The third-order valence-electron chi connectivity index (χ3n) is 4.68. The fourth-order valence-electron chi connectivity index (χ4n) is 3.36. The summed E-state index contributed by atoms with van der Waals surface area (Å²) in [5.41, 5.74) is 7.42. The number of nitrogens with one attached hydrogen (secondary N) is 1. The predicted octanol–water partition coefficient (Wildman–Crippen LogP) is 0.852. The van der Waals surface area contributed by atoms with Crippen molar-refractivity contribution in [2.45, 2.75) is 25.3 Å². The van der Waals surface area contributed by atoms with E-state index in [2.05, 4.69) is 25.7 Å². The zero-order chi connectivity index (χ0) is 18.8. The Morgan fingerprint density at radius 1 is 1.22 bits per heavy atom. The van der Waals surface area contributed by atoms with Crippen molar-refractivity contribution >= 4 is 11.8 Å². The molecule has 0 radical (unpaired) electrons. The summed E-state index contributed by atoms with van der Waals surface area (Å²) < 4.78 is 1.50. The molecule has 0 saturated carbocycles. The van der Waals surface area contributed by atoms with E-state index < -0.39 is 5.91 Å². The van der Waals surface area contributed by atoms with Crippen molar-refractivity contribution in [3.63, 3.8) is 0 Å². The number of aromatic amines is 1. The quantitative estimate of drug-likeness (QED) is 0.702. The molecule has 10 nitrogen and oxygen atoms in total. The molecule has 1 saturated heterocycles. The monoisotopic (exact) mass is 366 g/mol. The van der Waals surface area contributed by atoms with Crippen LogP contribution in [0.3, 0.4) is 0 Å². The number of piperidine rings is 1. The van der Waals surface area contributed by atoms with Crippen molar-refractivity contribution in [3.05, 3.63) is 53.6 Å². The van der Waals surface area contributed by atoms with Gasteiger partial charge < -0.3 is 10.6 Å². The number of carbonyl (C=O) groups excluding carboxylic acids is 2. The molecule has 138 valence electrons. The minimum Gasteiger partial charge on any atom is -0.364 e. The summed E-state index contributed by atoms with van der Waals surface area (Å²) in [7, 11) is 0. The number of hydrogen-bond acceptors (Lipinski definition) is 6. The fourth-order valence-corrected chi connectivity index (χ4v) is 3.36. The number of hydrogen-bond donors (Lipinski definition) is 2. The van der Waals surface area contributed by atoms with Crippen LogP contribution < -0.4 is 5.73 Å². The molecule has 10 heteroatoms. The van der Waals surface area contributed by atoms with Crippen LogP contribution in [0, 0.1) is 0 Å². The molecule has 0 aliphatic carbocycles. The first kappa shape index (κ1) is 16.9. The summed E-state index contributed by atoms with van der Waals surface area (Å²) in [6, 6.07) is 8.59. The van der Waals surface area contributed by atoms with Crippen LogP contribution in [0.2, 0.25) is 0 Å². The highest BCUT2D eigenvalue weighted by atomic mass is 16.2. The van der Waals surface area contributed by atoms with Crippen LogP contribution >= 0.6 is 0 Å². The number of rotatable bonds is 4. The van der Waals surface area contributed by atoms with Crippen LogP contribution in [-0.2, 0) is 0 Å². The van der Waals surface area contributed by atoms with Gasteiger partial charge in [-0.15, -0.1) is 5.10 Å². The van der Waals surface area contributed by atoms with E-state index in [0.717, 1.165) is 19.3 Å². The van der Waals surface area contributed by atoms with E-state index >= 15 is 0 Å². The largest absolute Gasteiger partial charge is 0.364 e. The minimum atomic E-state index is -0.597. The summed E-state index contributed by atoms with van der Waals surface area (Å²) in [6.45, 7) is 0.629. The number of amides is 2. The van der Waals surface area contributed by atoms with Crippen LogP contribution in [0.5, 0.6) is 0 Å². The van der Waals surface area contributed by atoms with Crippen molar-refractivity contribution in [2.24, 2.45) is 5.73 Å². The smallest absolute Gasteiger partial charge is 0.269 e. The Labute approximate surface area is 154 Å². The first-order chi connectivity index (χ1) is 13.1. The van der Waals surface area contributed by atoms with Crippen molar-refractivity contribution in [1.82, 2.24) is 35.3 Å². The molecule has 1 unspecified atom stereocenters. The molecule has 1 aliphatic rings. The van der Waals surface area contributed by atoms with Gasteiger partial charge in [-0.3, -0.25) is 14.7 Å². The Kier molecular flexibility index (Phi) is 4.37. The number of aromatic nitrogens is 6. The number of likely N-dealkylation sites (tertiary alicyclic amines) is 1. The third kappa shape index (κ3) is 3.28. The molecule has 2 aromatic heterocycles. The fraction of sp³-hybridized carbons (Fsp3) is 0.294. The maximum atomic E-state index is 13.2. The Hall–Kier alpha value is -3.56. The number of primary amides is 1. The van der Waals surface area contributed by atoms with Gasteiger partial charge >= 0.3 is 0 Å². The summed E-state index contributed by atoms with van der Waals surface area (Å²) >= 11 is 0. The lowest BCUT2D eigenvalue weighted by Gasteiger charge is -2.35. The molecule has 0 spiro atoms. The number of nitrogens with two attached hydrogens (primary N) is 1. The summed E-state index contributed by atoms with van der Waals surface area (Å²) in [5, 5.41) is 17.9. The van der Waals surface area contributed by atoms with Crippen molar-refractivity contribution in [1.29, 1.82) is 0 Å². The molecule has 3 N–H and O–H groups in total. The Bertz CT molecular complexity index is 965. The van der Waals surface area contributed by atoms with E-state index in [9.17, 15) is 9.59 Å². The molecular formula is C17H18N8O2. The summed E-state index contributed by atoms with van der Waals surface area (Å²) in [6.07, 6.45) is 4.18. The number of nitrogens with zero attached hydrogens (tertiary/aromatic N) is 6. The average Bonchev–Trinajstić information content (AvgIpc) is 3.39. The summed E-state index contributed by atoms with van der Waals surface area (Å²) in [4.78, 5) is 26.3. The van der Waals surface area contributed by atoms with Gasteiger partial charge in [0.05, 0.1) is 17.4 Å². The van der Waals surface area contributed by atoms with Crippen LogP contribution in [0.1, 0.15) is 51.8 Å². The second-order valence-corrected chi connectivity index (χ2v) is 6.39. The Balaban J connectivity index is 1.62. The van der Waals surface area contributed by atoms with Gasteiger partial charge in [0.1, 0.15) is 12.0 Å². The number of benzene rings is 1. The van der Waals surface area contributed by atoms with Crippen LogP contribution in [0.4, 0.5) is 0 Å². The predicted molar refractivity (Wildman–Crippen MR) is 93.9 cm³/mol. The third-order valence-corrected chi connectivity index (χ3v) is 4.68. The molecule has 3 aromatic rings. The molecule has 2 amide bonds. The van der Waals surface area contributed by atoms with Crippen molar-refractivity contribution in [3.8, 4) is 5.69 Å². The maximum Gasteiger partial charge on any atom is 0.269 e. The van der Waals surface area contributed by atoms with E-state index in [4.69, 9.17) is 5.73 Å². The van der Waals surface area contributed by atoms with E-state index in [0.29, 0.717) is 23.5 Å². The van der Waals surface area contributed by atoms with Gasteiger partial charge in [0.25, 0.3) is 11.8 Å². The SMILES string of the molecule is NC(=O)c1cc(C2CCCCN2C(=O)c2cccc(-n3cnnn3)c2)[nH]n1. The first-order valence-corrected chi connectivity index (χ1v) is 8.63. The first-order valence-electron chi connectivity index (χ1n) is 8.63. The van der Waals surface area contributed by atoms with E-state index in [1.165, 1.54) is 11.0 Å². The Morgan fingerprint density at radius 3 is 2.85 bits per heavy atom. The number of tetrazole rings is 1. The van der Waals surface area contributed by atoms with Crippen LogP contribution in [0.15, 0.2) is 36.7 Å². The zero-order valence-corrected chi connectivity index (χ0v) is 14.4. The van der Waals surface area contributed by atoms with E-state index in [1.54, 1.807) is 29.2 Å². The minimum absolute atomic E-state index is 0.0927. The van der Waals surface area contributed by atoms with Gasteiger partial charge in [-0.1, -0.05) is 6.07 Å². The van der Waals surface area contributed by atoms with Crippen molar-refractivity contribution in [2.75, 3.05) is 6.54 Å². The van der Waals surface area contributed by atoms with Gasteiger partial charge in [-0.25, -0.2) is 4.68 Å². The standard InChI is InChI=1S/C17H18N8O2/c18-16(26)14-9-13(20-21-14)15-6-1-2-7-24(15)17(27)11-4-3-5-12(8-11)25-10-19-22-23-25/h3-5,8-10,15H,1-2,6-7H2,(H2,18,26)(H,20,21). The normalized spacial score (nSPS) is 17.0. The van der Waals surface area contributed by atoms with Gasteiger partial charge in [-0.05, 0) is 54.0 Å². The highest BCUT2D eigenvalue weighted by Crippen LogP contribution is 2.31. The maximum absolute atomic E-state index is 13.2. The molecule has 1 aromatic carbocycles. The lowest BCUT2D eigenvalue weighted by Crippen LogP contribution is -2.38. The Morgan fingerprint density at radius 2 is 2.11 bits per heavy atom. The number of H-pyrrole nitrogens is 1. The van der Waals surface area contributed by atoms with Crippen molar-refractivity contribution < 1.29 is 9.59 Å². The molecule has 3 heterocycles. The average molecular weight is 366 g/mol. The molecule has 4 rings (SSSR count). The molecule has 1 fully saturated rings. The van der Waals surface area contributed by atoms with E-state index in [1.807, 2.05) is 6.07 Å². The lowest BCUT2D eigenvalue weighted by atomic mass is 9.98. The van der Waals surface area contributed by atoms with Crippen LogP contribution in [-0.4, -0.2) is 53.7 Å². The second kappa shape index (κ2) is 6.98. The zero-order valence-electron chi connectivity index (χ0n) is 14.4. The second-order valence-electron chi connectivity index (χ2n) is 6.39. The van der Waals surface area contributed by atoms with Gasteiger partial charge in [-0.2, -0.15) is 5.10 Å². The van der Waals surface area contributed by atoms with Gasteiger partial charge in [0.15, 0.2) is 0 Å². The lowest BCUT2D eigenvalue weighted by molar-refractivity contribution is 0.0606. The molecule has 1 aliphatic heterocycles. The highest BCUT2D eigenvalue weighted by Gasteiger charge is 2.30. The van der Waals surface area contributed by atoms with E-state index in [-0.39, 0.29) is 17.6 Å². The van der Waals surface area contributed by atoms with Gasteiger partial charge in [0, 0.05) is 12.1 Å². The molecular weight excluding hydrogens is 348 g/mol. The molecule has 0 bridgehead atoms. The molecule has 27 heavy (non-hydrogen) atoms. The van der Waals surface area contributed by atoms with Gasteiger partial charge in [0.2, 0.25) is 0 Å². The highest BCUT2D eigenvalue weighted by molar-refractivity contribution is 5.95. The number of carbonyl (C=O) groups is 2. The van der Waals surface area contributed by atoms with Crippen LogP contribution in [0.25, 0.3) is 5.69 Å². The molecule has 1 atom stereocenters. The topological polar surface area (TPSA) is 136 Å².